The number of carbonyl (C=O) groups excluding carboxylic acids is 1. The first kappa shape index (κ1) is 17.8. The van der Waals surface area contributed by atoms with Crippen LogP contribution in [0.5, 0.6) is 0 Å². The number of unbranched alkanes of at least 4 members (excludes halogenated alkanes) is 2. The van der Waals surface area contributed by atoms with Crippen LogP contribution in [-0.2, 0) is 6.42 Å². The smallest absolute Gasteiger partial charge is 0.271 e. The Morgan fingerprint density at radius 2 is 1.96 bits per heavy atom. The molecule has 0 unspecified atom stereocenters. The van der Waals surface area contributed by atoms with Crippen molar-refractivity contribution >= 4 is 11.7 Å². The van der Waals surface area contributed by atoms with Gasteiger partial charge in [0.1, 0.15) is 17.3 Å². The van der Waals surface area contributed by atoms with Gasteiger partial charge in [-0.15, -0.1) is 0 Å². The van der Waals surface area contributed by atoms with E-state index < -0.39 is 0 Å². The number of halogens is 1. The Hall–Kier alpha value is -2.50. The van der Waals surface area contributed by atoms with Gasteiger partial charge in [0.25, 0.3) is 5.91 Å². The van der Waals surface area contributed by atoms with Gasteiger partial charge in [-0.2, -0.15) is 0 Å². The van der Waals surface area contributed by atoms with Gasteiger partial charge in [-0.3, -0.25) is 4.79 Å². The fourth-order valence-corrected chi connectivity index (χ4v) is 2.23. The second-order valence-electron chi connectivity index (χ2n) is 5.52. The van der Waals surface area contributed by atoms with Crippen LogP contribution in [0.2, 0.25) is 0 Å². The maximum Gasteiger partial charge on any atom is 0.271 e. The van der Waals surface area contributed by atoms with E-state index in [0.29, 0.717) is 36.6 Å². The highest BCUT2D eigenvalue weighted by Gasteiger charge is 2.07. The molecule has 0 aliphatic heterocycles. The van der Waals surface area contributed by atoms with Crippen molar-refractivity contribution in [1.29, 1.82) is 0 Å². The molecule has 24 heavy (non-hydrogen) atoms. The lowest BCUT2D eigenvalue weighted by Gasteiger charge is -2.07. The summed E-state index contributed by atoms with van der Waals surface area (Å²) >= 11 is 0. The van der Waals surface area contributed by atoms with Crippen molar-refractivity contribution in [3.05, 3.63) is 53.7 Å². The Bertz CT molecular complexity index is 646. The number of carbonyl (C=O) groups is 1. The number of amides is 1. The van der Waals surface area contributed by atoms with Gasteiger partial charge in [0.2, 0.25) is 0 Å². The first-order valence-corrected chi connectivity index (χ1v) is 8.28. The number of hydrogen-bond donors (Lipinski definition) is 2. The Morgan fingerprint density at radius 1 is 1.12 bits per heavy atom. The molecule has 5 nitrogen and oxygen atoms in total. The Labute approximate surface area is 141 Å². The highest BCUT2D eigenvalue weighted by molar-refractivity contribution is 5.91. The van der Waals surface area contributed by atoms with E-state index in [1.807, 2.05) is 6.07 Å². The summed E-state index contributed by atoms with van der Waals surface area (Å²) in [5, 5.41) is 5.90. The lowest BCUT2D eigenvalue weighted by atomic mass is 10.1. The molecule has 0 atom stereocenters. The average Bonchev–Trinajstić information content (AvgIpc) is 2.61. The van der Waals surface area contributed by atoms with Crippen LogP contribution in [0.3, 0.4) is 0 Å². The zero-order valence-corrected chi connectivity index (χ0v) is 13.9. The summed E-state index contributed by atoms with van der Waals surface area (Å²) in [6, 6.07) is 6.69. The van der Waals surface area contributed by atoms with Crippen LogP contribution in [-0.4, -0.2) is 29.0 Å². The standard InChI is InChI=1S/C18H23FN4O/c1-2-3-6-10-21-18(24)16-12-23-17(13-22-16)20-11-9-14-7-4-5-8-15(14)19/h4-5,7-8,12-13H,2-3,6,9-11H2,1H3,(H,20,23)(H,21,24). The van der Waals surface area contributed by atoms with E-state index in [1.54, 1.807) is 12.1 Å². The highest BCUT2D eigenvalue weighted by Crippen LogP contribution is 2.08. The van der Waals surface area contributed by atoms with Gasteiger partial charge < -0.3 is 10.6 Å². The number of hydrogen-bond acceptors (Lipinski definition) is 4. The summed E-state index contributed by atoms with van der Waals surface area (Å²) in [4.78, 5) is 20.2. The molecule has 128 valence electrons. The predicted molar refractivity (Wildman–Crippen MR) is 92.5 cm³/mol. The summed E-state index contributed by atoms with van der Waals surface area (Å²) in [5.74, 6) is 0.144. The van der Waals surface area contributed by atoms with Crippen LogP contribution in [0, 0.1) is 5.82 Å². The largest absolute Gasteiger partial charge is 0.368 e. The van der Waals surface area contributed by atoms with Gasteiger partial charge in [0, 0.05) is 13.1 Å². The molecule has 0 saturated carbocycles. The lowest BCUT2D eigenvalue weighted by molar-refractivity contribution is 0.0947. The number of anilines is 1. The second kappa shape index (κ2) is 9.60. The van der Waals surface area contributed by atoms with Crippen molar-refractivity contribution in [1.82, 2.24) is 15.3 Å². The zero-order chi connectivity index (χ0) is 17.2. The lowest BCUT2D eigenvalue weighted by Crippen LogP contribution is -2.25. The topological polar surface area (TPSA) is 66.9 Å². The molecule has 1 heterocycles. The molecule has 1 aromatic carbocycles. The van der Waals surface area contributed by atoms with Crippen LogP contribution in [0.25, 0.3) is 0 Å². The van der Waals surface area contributed by atoms with Crippen molar-refractivity contribution in [2.45, 2.75) is 32.6 Å². The number of benzene rings is 1. The third kappa shape index (κ3) is 5.61. The predicted octanol–water partition coefficient (Wildman–Crippen LogP) is 3.19. The average molecular weight is 330 g/mol. The molecule has 0 aliphatic rings. The Kier molecular flexibility index (Phi) is 7.14. The molecule has 0 aliphatic carbocycles. The van der Waals surface area contributed by atoms with Crippen LogP contribution >= 0.6 is 0 Å². The van der Waals surface area contributed by atoms with E-state index in [4.69, 9.17) is 0 Å². The van der Waals surface area contributed by atoms with Gasteiger partial charge in [-0.25, -0.2) is 14.4 Å². The monoisotopic (exact) mass is 330 g/mol. The van der Waals surface area contributed by atoms with E-state index in [9.17, 15) is 9.18 Å². The molecular weight excluding hydrogens is 307 g/mol. The molecule has 1 amide bonds. The quantitative estimate of drug-likeness (QED) is 0.693. The van der Waals surface area contributed by atoms with Gasteiger partial charge in [-0.05, 0) is 24.5 Å². The van der Waals surface area contributed by atoms with Crippen LogP contribution in [0.4, 0.5) is 10.2 Å². The molecule has 2 rings (SSSR count). The molecule has 0 bridgehead atoms. The third-order valence-corrected chi connectivity index (χ3v) is 3.61. The van der Waals surface area contributed by atoms with Crippen molar-refractivity contribution < 1.29 is 9.18 Å². The third-order valence-electron chi connectivity index (χ3n) is 3.61. The van der Waals surface area contributed by atoms with Gasteiger partial charge in [-0.1, -0.05) is 38.0 Å². The highest BCUT2D eigenvalue weighted by atomic mass is 19.1. The maximum atomic E-state index is 13.5. The van der Waals surface area contributed by atoms with Gasteiger partial charge in [0.15, 0.2) is 0 Å². The molecule has 2 N–H and O–H groups in total. The number of nitrogens with one attached hydrogen (secondary N) is 2. The number of nitrogens with zero attached hydrogens (tertiary/aromatic N) is 2. The van der Waals surface area contributed by atoms with Crippen molar-refractivity contribution in [3.63, 3.8) is 0 Å². The first-order chi connectivity index (χ1) is 11.7. The molecule has 6 heteroatoms. The van der Waals surface area contributed by atoms with Crippen molar-refractivity contribution in [2.75, 3.05) is 18.4 Å². The SMILES string of the molecule is CCCCCNC(=O)c1cnc(NCCc2ccccc2F)cn1. The summed E-state index contributed by atoms with van der Waals surface area (Å²) in [6.45, 7) is 3.31. The van der Waals surface area contributed by atoms with Crippen LogP contribution < -0.4 is 10.6 Å². The fraction of sp³-hybridized carbons (Fsp3) is 0.389. The molecule has 0 saturated heterocycles. The molecule has 0 fully saturated rings. The van der Waals surface area contributed by atoms with E-state index in [1.165, 1.54) is 18.5 Å². The number of rotatable bonds is 9. The molecule has 1 aromatic heterocycles. The normalized spacial score (nSPS) is 10.4. The second-order valence-corrected chi connectivity index (χ2v) is 5.52. The summed E-state index contributed by atoms with van der Waals surface area (Å²) in [7, 11) is 0. The van der Waals surface area contributed by atoms with Gasteiger partial charge in [0.05, 0.1) is 12.4 Å². The van der Waals surface area contributed by atoms with E-state index in [0.717, 1.165) is 19.3 Å². The summed E-state index contributed by atoms with van der Waals surface area (Å²) < 4.78 is 13.5. The van der Waals surface area contributed by atoms with E-state index in [-0.39, 0.29) is 11.7 Å². The number of aromatic nitrogens is 2. The minimum atomic E-state index is -0.212. The molecular formula is C18H23FN4O. The van der Waals surface area contributed by atoms with Gasteiger partial charge >= 0.3 is 0 Å². The maximum absolute atomic E-state index is 13.5. The Morgan fingerprint density at radius 3 is 2.67 bits per heavy atom. The van der Waals surface area contributed by atoms with Crippen molar-refractivity contribution in [3.8, 4) is 0 Å². The van der Waals surface area contributed by atoms with Crippen molar-refractivity contribution in [2.24, 2.45) is 0 Å². The van der Waals surface area contributed by atoms with E-state index in [2.05, 4.69) is 27.5 Å². The Balaban J connectivity index is 1.77. The fourth-order valence-electron chi connectivity index (χ4n) is 2.23. The zero-order valence-electron chi connectivity index (χ0n) is 13.9. The van der Waals surface area contributed by atoms with Crippen LogP contribution in [0.1, 0.15) is 42.2 Å². The molecule has 2 aromatic rings. The molecule has 0 radical (unpaired) electrons. The van der Waals surface area contributed by atoms with E-state index >= 15 is 0 Å². The van der Waals surface area contributed by atoms with Crippen LogP contribution in [0.15, 0.2) is 36.7 Å². The summed E-state index contributed by atoms with van der Waals surface area (Å²) in [6.07, 6.45) is 6.68. The minimum Gasteiger partial charge on any atom is -0.368 e. The summed E-state index contributed by atoms with van der Waals surface area (Å²) in [5.41, 5.74) is 0.951. The first-order valence-electron chi connectivity index (χ1n) is 8.28. The molecule has 0 spiro atoms. The minimum absolute atomic E-state index is 0.208.